The van der Waals surface area contributed by atoms with Crippen molar-refractivity contribution in [1.29, 1.82) is 0 Å². The monoisotopic (exact) mass is 289 g/mol. The molecule has 0 amide bonds. The maximum Gasteiger partial charge on any atom is 0.391 e. The number of benzene rings is 1. The van der Waals surface area contributed by atoms with Gasteiger partial charge < -0.3 is 15.2 Å². The molecule has 1 aliphatic carbocycles. The summed E-state index contributed by atoms with van der Waals surface area (Å²) in [5.41, 5.74) is 6.22. The smallest absolute Gasteiger partial charge is 0.391 e. The summed E-state index contributed by atoms with van der Waals surface area (Å²) in [5, 5.41) is 0. The summed E-state index contributed by atoms with van der Waals surface area (Å²) in [6.07, 6.45) is -3.19. The predicted molar refractivity (Wildman–Crippen MR) is 69.8 cm³/mol. The van der Waals surface area contributed by atoms with Gasteiger partial charge in [-0.1, -0.05) is 0 Å². The van der Waals surface area contributed by atoms with Crippen molar-refractivity contribution in [2.24, 2.45) is 5.92 Å². The van der Waals surface area contributed by atoms with Gasteiger partial charge in [0, 0.05) is 6.07 Å². The molecular weight excluding hydrogens is 271 g/mol. The molecule has 2 rings (SSSR count). The van der Waals surface area contributed by atoms with Crippen molar-refractivity contribution >= 4 is 5.69 Å². The summed E-state index contributed by atoms with van der Waals surface area (Å²) < 4.78 is 48.4. The minimum atomic E-state index is -4.09. The average molecular weight is 289 g/mol. The Morgan fingerprint density at radius 3 is 2.30 bits per heavy atom. The highest BCUT2D eigenvalue weighted by atomic mass is 19.4. The van der Waals surface area contributed by atoms with Gasteiger partial charge in [-0.2, -0.15) is 13.2 Å². The first-order valence-electron chi connectivity index (χ1n) is 6.57. The Labute approximate surface area is 115 Å². The van der Waals surface area contributed by atoms with Crippen molar-refractivity contribution < 1.29 is 22.6 Å². The fourth-order valence-electron chi connectivity index (χ4n) is 2.49. The minimum Gasteiger partial charge on any atom is -0.495 e. The van der Waals surface area contributed by atoms with Crippen molar-refractivity contribution in [3.8, 4) is 11.5 Å². The number of methoxy groups -OCH3 is 1. The second kappa shape index (κ2) is 5.81. The zero-order valence-electron chi connectivity index (χ0n) is 11.2. The summed E-state index contributed by atoms with van der Waals surface area (Å²) in [6, 6.07) is 5.03. The zero-order valence-corrected chi connectivity index (χ0v) is 11.2. The van der Waals surface area contributed by atoms with E-state index < -0.39 is 12.1 Å². The third kappa shape index (κ3) is 3.49. The molecule has 0 spiro atoms. The van der Waals surface area contributed by atoms with E-state index in [0.717, 1.165) is 0 Å². The van der Waals surface area contributed by atoms with Crippen LogP contribution in [0.25, 0.3) is 0 Å². The van der Waals surface area contributed by atoms with Crippen molar-refractivity contribution in [3.63, 3.8) is 0 Å². The zero-order chi connectivity index (χ0) is 14.8. The van der Waals surface area contributed by atoms with Gasteiger partial charge in [0.25, 0.3) is 0 Å². The van der Waals surface area contributed by atoms with Crippen molar-refractivity contribution in [1.82, 2.24) is 0 Å². The molecule has 112 valence electrons. The fraction of sp³-hybridized carbons (Fsp3) is 0.571. The van der Waals surface area contributed by atoms with E-state index in [-0.39, 0.29) is 18.9 Å². The molecular formula is C14H18F3NO2. The van der Waals surface area contributed by atoms with Crippen LogP contribution in [0.1, 0.15) is 25.7 Å². The summed E-state index contributed by atoms with van der Waals surface area (Å²) in [7, 11) is 1.52. The van der Waals surface area contributed by atoms with E-state index in [1.165, 1.54) is 7.11 Å². The lowest BCUT2D eigenvalue weighted by Crippen LogP contribution is -2.31. The number of nitrogen functional groups attached to an aromatic ring is 1. The van der Waals surface area contributed by atoms with Crippen LogP contribution in [0.4, 0.5) is 18.9 Å². The van der Waals surface area contributed by atoms with Crippen LogP contribution in [0, 0.1) is 5.92 Å². The molecule has 1 aliphatic rings. The second-order valence-electron chi connectivity index (χ2n) is 5.04. The van der Waals surface area contributed by atoms with Gasteiger partial charge in [-0.3, -0.25) is 0 Å². The maximum absolute atomic E-state index is 12.6. The van der Waals surface area contributed by atoms with E-state index in [1.807, 2.05) is 0 Å². The van der Waals surface area contributed by atoms with Crippen LogP contribution >= 0.6 is 0 Å². The Morgan fingerprint density at radius 2 is 1.80 bits per heavy atom. The van der Waals surface area contributed by atoms with E-state index in [2.05, 4.69) is 0 Å². The van der Waals surface area contributed by atoms with Gasteiger partial charge in [0.1, 0.15) is 11.5 Å². The number of anilines is 1. The molecule has 0 heterocycles. The highest BCUT2D eigenvalue weighted by Gasteiger charge is 2.41. The molecule has 0 radical (unpaired) electrons. The Hall–Kier alpha value is -1.59. The number of nitrogens with two attached hydrogens (primary N) is 1. The lowest BCUT2D eigenvalue weighted by molar-refractivity contribution is -0.185. The quantitative estimate of drug-likeness (QED) is 0.861. The van der Waals surface area contributed by atoms with Crippen LogP contribution < -0.4 is 15.2 Å². The number of halogens is 3. The van der Waals surface area contributed by atoms with Crippen LogP contribution in [0.2, 0.25) is 0 Å². The molecule has 1 saturated carbocycles. The molecule has 1 fully saturated rings. The van der Waals surface area contributed by atoms with Crippen LogP contribution in [0.15, 0.2) is 18.2 Å². The topological polar surface area (TPSA) is 44.5 Å². The first kappa shape index (κ1) is 14.8. The third-order valence-electron chi connectivity index (χ3n) is 3.64. The van der Waals surface area contributed by atoms with Gasteiger partial charge >= 0.3 is 6.18 Å². The van der Waals surface area contributed by atoms with Crippen LogP contribution in [0.5, 0.6) is 11.5 Å². The lowest BCUT2D eigenvalue weighted by Gasteiger charge is -2.30. The highest BCUT2D eigenvalue weighted by molar-refractivity contribution is 5.56. The molecule has 6 heteroatoms. The van der Waals surface area contributed by atoms with Gasteiger partial charge in [0.05, 0.1) is 24.8 Å². The summed E-state index contributed by atoms with van der Waals surface area (Å²) in [4.78, 5) is 0. The number of hydrogen-bond acceptors (Lipinski definition) is 3. The fourth-order valence-corrected chi connectivity index (χ4v) is 2.49. The Bertz CT molecular complexity index is 454. The molecule has 3 nitrogen and oxygen atoms in total. The molecule has 2 N–H and O–H groups in total. The normalized spacial score (nSPS) is 23.4. The van der Waals surface area contributed by atoms with E-state index in [0.29, 0.717) is 30.0 Å². The molecule has 0 bridgehead atoms. The first-order chi connectivity index (χ1) is 9.40. The molecule has 0 atom stereocenters. The van der Waals surface area contributed by atoms with E-state index in [1.54, 1.807) is 18.2 Å². The number of hydrogen-bond donors (Lipinski definition) is 1. The van der Waals surface area contributed by atoms with Gasteiger partial charge in [0.2, 0.25) is 0 Å². The molecule has 1 aromatic carbocycles. The van der Waals surface area contributed by atoms with Gasteiger partial charge in [-0.25, -0.2) is 0 Å². The summed E-state index contributed by atoms with van der Waals surface area (Å²) in [5.74, 6) is -0.0693. The van der Waals surface area contributed by atoms with Crippen molar-refractivity contribution in [2.45, 2.75) is 38.0 Å². The largest absolute Gasteiger partial charge is 0.495 e. The Kier molecular flexibility index (Phi) is 4.30. The maximum atomic E-state index is 12.6. The first-order valence-corrected chi connectivity index (χ1v) is 6.57. The molecule has 20 heavy (non-hydrogen) atoms. The number of ether oxygens (including phenoxy) is 2. The molecule has 0 unspecified atom stereocenters. The Balaban J connectivity index is 1.91. The lowest BCUT2D eigenvalue weighted by atomic mass is 9.87. The van der Waals surface area contributed by atoms with Gasteiger partial charge in [0.15, 0.2) is 0 Å². The summed E-state index contributed by atoms with van der Waals surface area (Å²) >= 11 is 0. The van der Waals surface area contributed by atoms with Crippen molar-refractivity contribution in [2.75, 3.05) is 12.8 Å². The third-order valence-corrected chi connectivity index (χ3v) is 3.64. The molecule has 0 aliphatic heterocycles. The average Bonchev–Trinajstić information content (AvgIpc) is 2.38. The van der Waals surface area contributed by atoms with E-state index in [9.17, 15) is 13.2 Å². The predicted octanol–water partition coefficient (Wildman–Crippen LogP) is 3.78. The molecule has 1 aromatic rings. The van der Waals surface area contributed by atoms with E-state index in [4.69, 9.17) is 15.2 Å². The number of rotatable bonds is 3. The summed E-state index contributed by atoms with van der Waals surface area (Å²) in [6.45, 7) is 0. The molecule has 0 saturated heterocycles. The standard InChI is InChI=1S/C14H18F3NO2/c1-19-13-7-6-11(8-12(13)18)20-10-4-2-9(3-5-10)14(15,16)17/h6-10H,2-5,18H2,1H3/t9-,10+. The van der Waals surface area contributed by atoms with Crippen molar-refractivity contribution in [3.05, 3.63) is 18.2 Å². The highest BCUT2D eigenvalue weighted by Crippen LogP contribution is 2.38. The number of alkyl halides is 3. The van der Waals surface area contributed by atoms with Crippen LogP contribution in [-0.4, -0.2) is 19.4 Å². The van der Waals surface area contributed by atoms with Gasteiger partial charge in [-0.15, -0.1) is 0 Å². The SMILES string of the molecule is COc1ccc(O[C@H]2CC[C@@H](C(F)(F)F)CC2)cc1N. The molecule has 0 aromatic heterocycles. The second-order valence-corrected chi connectivity index (χ2v) is 5.04. The van der Waals surface area contributed by atoms with Crippen LogP contribution in [-0.2, 0) is 0 Å². The minimum absolute atomic E-state index is 0.125. The van der Waals surface area contributed by atoms with Gasteiger partial charge in [-0.05, 0) is 37.8 Å². The van der Waals surface area contributed by atoms with E-state index >= 15 is 0 Å². The van der Waals surface area contributed by atoms with Crippen LogP contribution in [0.3, 0.4) is 0 Å². The Morgan fingerprint density at radius 1 is 1.15 bits per heavy atom.